The van der Waals surface area contributed by atoms with Gasteiger partial charge in [0.2, 0.25) is 0 Å². The number of halogens is 4. The van der Waals surface area contributed by atoms with Gasteiger partial charge in [-0.3, -0.25) is 4.79 Å². The third-order valence-corrected chi connectivity index (χ3v) is 2.73. The first-order valence-corrected chi connectivity index (χ1v) is 5.42. The molecule has 82 valence electrons. The Bertz CT molecular complexity index is 380. The molecule has 0 aliphatic carbocycles. The second-order valence-electron chi connectivity index (χ2n) is 3.02. The summed E-state index contributed by atoms with van der Waals surface area (Å²) in [5.41, 5.74) is 0.197. The van der Waals surface area contributed by atoms with Gasteiger partial charge in [0.1, 0.15) is 0 Å². The number of hydrogen-bond donors (Lipinski definition) is 0. The zero-order valence-electron chi connectivity index (χ0n) is 7.81. The number of carbonyl (C=O) groups is 1. The monoisotopic (exact) mass is 296 g/mol. The standard InChI is InChI=1S/C10H8BrClF2O/c1-5(12)9(15)7-3-2-6(10(13)14)4-8(7)11/h2-5,10H,1H3. The van der Waals surface area contributed by atoms with E-state index in [1.807, 2.05) is 0 Å². The molecule has 0 spiro atoms. The van der Waals surface area contributed by atoms with Crippen molar-refractivity contribution >= 4 is 33.3 Å². The molecule has 5 heteroatoms. The highest BCUT2D eigenvalue weighted by atomic mass is 79.9. The lowest BCUT2D eigenvalue weighted by atomic mass is 10.1. The number of benzene rings is 1. The van der Waals surface area contributed by atoms with Crippen LogP contribution < -0.4 is 0 Å². The number of hydrogen-bond acceptors (Lipinski definition) is 1. The van der Waals surface area contributed by atoms with E-state index >= 15 is 0 Å². The van der Waals surface area contributed by atoms with E-state index < -0.39 is 11.8 Å². The molecule has 0 radical (unpaired) electrons. The van der Waals surface area contributed by atoms with Crippen LogP contribution in [0.1, 0.15) is 29.3 Å². The van der Waals surface area contributed by atoms with Crippen LogP contribution in [0.15, 0.2) is 22.7 Å². The van der Waals surface area contributed by atoms with Gasteiger partial charge in [0.05, 0.1) is 5.38 Å². The summed E-state index contributed by atoms with van der Waals surface area (Å²) in [4.78, 5) is 11.5. The zero-order valence-corrected chi connectivity index (χ0v) is 10.1. The van der Waals surface area contributed by atoms with Crippen LogP contribution in [0.25, 0.3) is 0 Å². The minimum absolute atomic E-state index is 0.124. The van der Waals surface area contributed by atoms with E-state index in [0.717, 1.165) is 0 Å². The molecule has 0 aliphatic heterocycles. The van der Waals surface area contributed by atoms with Gasteiger partial charge in [-0.25, -0.2) is 8.78 Å². The molecule has 1 rings (SSSR count). The highest BCUT2D eigenvalue weighted by Crippen LogP contribution is 2.26. The third kappa shape index (κ3) is 2.98. The summed E-state index contributed by atoms with van der Waals surface area (Å²) in [6.45, 7) is 1.54. The second-order valence-corrected chi connectivity index (χ2v) is 4.53. The maximum absolute atomic E-state index is 12.3. The minimum Gasteiger partial charge on any atom is -0.292 e. The number of rotatable bonds is 3. The summed E-state index contributed by atoms with van der Waals surface area (Å²) < 4.78 is 25.0. The fourth-order valence-corrected chi connectivity index (χ4v) is 1.79. The Labute approximate surface area is 99.6 Å². The molecule has 0 saturated heterocycles. The lowest BCUT2D eigenvalue weighted by Crippen LogP contribution is -2.11. The first-order valence-electron chi connectivity index (χ1n) is 4.19. The highest BCUT2D eigenvalue weighted by molar-refractivity contribution is 9.10. The summed E-state index contributed by atoms with van der Waals surface area (Å²) in [5, 5.41) is -0.668. The van der Waals surface area contributed by atoms with Crippen LogP contribution in [-0.2, 0) is 0 Å². The third-order valence-electron chi connectivity index (χ3n) is 1.87. The molecule has 1 aromatic carbocycles. The van der Waals surface area contributed by atoms with Crippen LogP contribution in [-0.4, -0.2) is 11.2 Å². The SMILES string of the molecule is CC(Cl)C(=O)c1ccc(C(F)F)cc1Br. The first kappa shape index (κ1) is 12.6. The van der Waals surface area contributed by atoms with Crippen LogP contribution in [0, 0.1) is 0 Å². The highest BCUT2D eigenvalue weighted by Gasteiger charge is 2.17. The molecule has 0 fully saturated rings. The summed E-state index contributed by atoms with van der Waals surface area (Å²) >= 11 is 8.69. The van der Waals surface area contributed by atoms with E-state index in [0.29, 0.717) is 10.0 Å². The molecule has 0 amide bonds. The smallest absolute Gasteiger partial charge is 0.263 e. The van der Waals surface area contributed by atoms with Gasteiger partial charge in [-0.05, 0) is 19.1 Å². The maximum Gasteiger partial charge on any atom is 0.263 e. The van der Waals surface area contributed by atoms with E-state index in [4.69, 9.17) is 11.6 Å². The van der Waals surface area contributed by atoms with Crippen LogP contribution in [0.3, 0.4) is 0 Å². The van der Waals surface area contributed by atoms with E-state index in [9.17, 15) is 13.6 Å². The average Bonchev–Trinajstić information content (AvgIpc) is 2.16. The molecule has 1 unspecified atom stereocenters. The van der Waals surface area contributed by atoms with Gasteiger partial charge in [0.25, 0.3) is 6.43 Å². The van der Waals surface area contributed by atoms with Crippen molar-refractivity contribution in [2.24, 2.45) is 0 Å². The number of ketones is 1. The number of alkyl halides is 3. The fraction of sp³-hybridized carbons (Fsp3) is 0.300. The van der Waals surface area contributed by atoms with Crippen molar-refractivity contribution in [3.63, 3.8) is 0 Å². The van der Waals surface area contributed by atoms with Crippen LogP contribution in [0.5, 0.6) is 0 Å². The maximum atomic E-state index is 12.3. The average molecular weight is 298 g/mol. The Kier molecular flexibility index (Phi) is 4.22. The normalized spacial score (nSPS) is 12.9. The molecular formula is C10H8BrClF2O. The first-order chi connectivity index (χ1) is 6.93. The molecule has 0 aromatic heterocycles. The molecule has 0 heterocycles. The van der Waals surface area contributed by atoms with Crippen molar-refractivity contribution in [2.45, 2.75) is 18.7 Å². The molecule has 0 bridgehead atoms. The Hall–Kier alpha value is -0.480. The molecule has 15 heavy (non-hydrogen) atoms. The molecule has 0 aliphatic rings. The van der Waals surface area contributed by atoms with Crippen molar-refractivity contribution < 1.29 is 13.6 Å². The van der Waals surface area contributed by atoms with Crippen molar-refractivity contribution in [1.82, 2.24) is 0 Å². The minimum atomic E-state index is -2.54. The van der Waals surface area contributed by atoms with Crippen LogP contribution >= 0.6 is 27.5 Å². The van der Waals surface area contributed by atoms with Gasteiger partial charge in [0, 0.05) is 15.6 Å². The Morgan fingerprint density at radius 1 is 1.47 bits per heavy atom. The molecule has 0 saturated carbocycles. The molecular weight excluding hydrogens is 289 g/mol. The van der Waals surface area contributed by atoms with Gasteiger partial charge in [-0.15, -0.1) is 11.6 Å². The van der Waals surface area contributed by atoms with Crippen molar-refractivity contribution in [1.29, 1.82) is 0 Å². The lowest BCUT2D eigenvalue weighted by Gasteiger charge is -2.07. The van der Waals surface area contributed by atoms with Gasteiger partial charge >= 0.3 is 0 Å². The van der Waals surface area contributed by atoms with E-state index in [1.165, 1.54) is 25.1 Å². The Morgan fingerprint density at radius 3 is 2.47 bits per heavy atom. The molecule has 1 aromatic rings. The predicted octanol–water partition coefficient (Wildman–Crippen LogP) is 4.20. The predicted molar refractivity (Wildman–Crippen MR) is 58.7 cm³/mol. The molecule has 1 nitrogen and oxygen atoms in total. The van der Waals surface area contributed by atoms with E-state index in [2.05, 4.69) is 15.9 Å². The summed E-state index contributed by atoms with van der Waals surface area (Å²) in [5.74, 6) is -0.288. The van der Waals surface area contributed by atoms with Crippen LogP contribution in [0.2, 0.25) is 0 Å². The zero-order chi connectivity index (χ0) is 11.6. The number of carbonyl (C=O) groups excluding carboxylic acids is 1. The largest absolute Gasteiger partial charge is 0.292 e. The van der Waals surface area contributed by atoms with E-state index in [1.54, 1.807) is 0 Å². The van der Waals surface area contributed by atoms with Crippen molar-refractivity contribution in [3.05, 3.63) is 33.8 Å². The molecule has 0 N–H and O–H groups in total. The topological polar surface area (TPSA) is 17.1 Å². The van der Waals surface area contributed by atoms with Gasteiger partial charge in [-0.2, -0.15) is 0 Å². The lowest BCUT2D eigenvalue weighted by molar-refractivity contribution is 0.0990. The summed E-state index contributed by atoms with van der Waals surface area (Å²) in [7, 11) is 0. The van der Waals surface area contributed by atoms with Crippen molar-refractivity contribution in [2.75, 3.05) is 0 Å². The quantitative estimate of drug-likeness (QED) is 0.604. The van der Waals surface area contributed by atoms with Crippen LogP contribution in [0.4, 0.5) is 8.78 Å². The summed E-state index contributed by atoms with van der Waals surface area (Å²) in [6.07, 6.45) is -2.54. The molecule has 1 atom stereocenters. The number of Topliss-reactive ketones (excluding diaryl/α,β-unsaturated/α-hetero) is 1. The van der Waals surface area contributed by atoms with Crippen molar-refractivity contribution in [3.8, 4) is 0 Å². The Morgan fingerprint density at radius 2 is 2.07 bits per heavy atom. The van der Waals surface area contributed by atoms with Gasteiger partial charge < -0.3 is 0 Å². The van der Waals surface area contributed by atoms with Gasteiger partial charge in [0.15, 0.2) is 5.78 Å². The fourth-order valence-electron chi connectivity index (χ4n) is 1.08. The Balaban J connectivity index is 3.08. The van der Waals surface area contributed by atoms with E-state index in [-0.39, 0.29) is 11.3 Å². The van der Waals surface area contributed by atoms with Gasteiger partial charge in [-0.1, -0.05) is 22.0 Å². The second kappa shape index (κ2) is 5.03. The summed E-state index contributed by atoms with van der Waals surface area (Å²) in [6, 6.07) is 3.81.